The average molecular weight is 263 g/mol. The van der Waals surface area contributed by atoms with Crippen molar-refractivity contribution in [3.8, 4) is 0 Å². The van der Waals surface area contributed by atoms with Crippen LogP contribution in [-0.4, -0.2) is 39.9 Å². The second-order valence-corrected chi connectivity index (χ2v) is 4.39. The maximum Gasteiger partial charge on any atom is 0.189 e. The summed E-state index contributed by atoms with van der Waals surface area (Å²) < 4.78 is 0. The molecule has 0 radical (unpaired) electrons. The van der Waals surface area contributed by atoms with Gasteiger partial charge in [-0.2, -0.15) is 0 Å². The van der Waals surface area contributed by atoms with E-state index in [4.69, 9.17) is 0 Å². The lowest BCUT2D eigenvalue weighted by molar-refractivity contribution is 0.112. The molecule has 1 aliphatic heterocycles. The molecule has 2 rings (SSSR count). The molecule has 0 amide bonds. The van der Waals surface area contributed by atoms with Crippen LogP contribution >= 0.6 is 11.8 Å². The molecular weight excluding hydrogens is 250 g/mol. The van der Waals surface area contributed by atoms with Gasteiger partial charge in [-0.1, -0.05) is 11.8 Å². The Labute approximate surface area is 109 Å². The zero-order valence-corrected chi connectivity index (χ0v) is 10.9. The number of carbonyl (C=O) groups excluding carboxylic acids is 1. The van der Waals surface area contributed by atoms with Crippen LogP contribution in [0, 0.1) is 0 Å². The summed E-state index contributed by atoms with van der Waals surface area (Å²) in [5.41, 5.74) is 4.43. The number of aromatic nitrogens is 2. The van der Waals surface area contributed by atoms with Crippen LogP contribution in [0.3, 0.4) is 0 Å². The summed E-state index contributed by atoms with van der Waals surface area (Å²) in [7, 11) is 0. The van der Waals surface area contributed by atoms with Crippen LogP contribution in [0.2, 0.25) is 0 Å². The molecule has 0 bridgehead atoms. The Morgan fingerprint density at radius 3 is 3.00 bits per heavy atom. The van der Waals surface area contributed by atoms with Gasteiger partial charge in [-0.3, -0.25) is 20.2 Å². The number of aldehydes is 1. The largest absolute Gasteiger partial charge is 0.298 e. The van der Waals surface area contributed by atoms with E-state index in [0.29, 0.717) is 23.2 Å². The fourth-order valence-corrected chi connectivity index (χ4v) is 1.68. The SMILES string of the molecule is CSc1ncc(C=O)c(NN2C=CC(C)=NC2)n1. The predicted molar refractivity (Wildman–Crippen MR) is 71.8 cm³/mol. The molecule has 0 atom stereocenters. The van der Waals surface area contributed by atoms with Crippen molar-refractivity contribution in [1.29, 1.82) is 0 Å². The smallest absolute Gasteiger partial charge is 0.189 e. The molecule has 1 aromatic rings. The molecule has 1 aromatic heterocycles. The topological polar surface area (TPSA) is 70.5 Å². The van der Waals surface area contributed by atoms with Gasteiger partial charge in [-0.25, -0.2) is 9.97 Å². The number of rotatable bonds is 4. The third kappa shape index (κ3) is 2.86. The highest BCUT2D eigenvalue weighted by atomic mass is 32.2. The van der Waals surface area contributed by atoms with E-state index in [1.54, 1.807) is 5.01 Å². The zero-order chi connectivity index (χ0) is 13.0. The Bertz CT molecular complexity index is 514. The minimum Gasteiger partial charge on any atom is -0.298 e. The summed E-state index contributed by atoms with van der Waals surface area (Å²) in [6.07, 6.45) is 7.87. The van der Waals surface area contributed by atoms with Gasteiger partial charge in [-0.15, -0.1) is 0 Å². The average Bonchev–Trinajstić information content (AvgIpc) is 2.41. The van der Waals surface area contributed by atoms with Crippen molar-refractivity contribution in [2.45, 2.75) is 12.1 Å². The normalized spacial score (nSPS) is 14.3. The van der Waals surface area contributed by atoms with Gasteiger partial charge in [0.05, 0.1) is 5.56 Å². The lowest BCUT2D eigenvalue weighted by Gasteiger charge is -2.23. The molecule has 0 aliphatic carbocycles. The fourth-order valence-electron chi connectivity index (χ4n) is 1.34. The van der Waals surface area contributed by atoms with E-state index < -0.39 is 0 Å². The first-order valence-electron chi connectivity index (χ1n) is 5.31. The summed E-state index contributed by atoms with van der Waals surface area (Å²) in [4.78, 5) is 23.5. The first-order chi connectivity index (χ1) is 8.72. The Morgan fingerprint density at radius 1 is 1.56 bits per heavy atom. The van der Waals surface area contributed by atoms with Crippen LogP contribution in [0.15, 0.2) is 28.6 Å². The number of thioether (sulfide) groups is 1. The van der Waals surface area contributed by atoms with Crippen LogP contribution in [0.5, 0.6) is 0 Å². The highest BCUT2D eigenvalue weighted by Gasteiger charge is 2.09. The highest BCUT2D eigenvalue weighted by molar-refractivity contribution is 7.98. The van der Waals surface area contributed by atoms with E-state index in [2.05, 4.69) is 20.4 Å². The van der Waals surface area contributed by atoms with E-state index in [1.165, 1.54) is 18.0 Å². The standard InChI is InChI=1S/C11H13N5OS/c1-8-3-4-16(7-13-8)15-10-9(6-17)5-12-11(14-10)18-2/h3-6H,7H2,1-2H3,(H,12,14,15). The summed E-state index contributed by atoms with van der Waals surface area (Å²) in [5, 5.41) is 2.37. The molecule has 0 fully saturated rings. The van der Waals surface area contributed by atoms with E-state index in [9.17, 15) is 4.79 Å². The van der Waals surface area contributed by atoms with Crippen LogP contribution < -0.4 is 5.43 Å². The summed E-state index contributed by atoms with van der Waals surface area (Å²) in [6.45, 7) is 2.42. The van der Waals surface area contributed by atoms with Crippen molar-refractivity contribution < 1.29 is 4.79 Å². The Morgan fingerprint density at radius 2 is 2.39 bits per heavy atom. The molecule has 0 spiro atoms. The second kappa shape index (κ2) is 5.63. The van der Waals surface area contributed by atoms with Crippen LogP contribution in [0.4, 0.5) is 5.82 Å². The number of hydrogen-bond donors (Lipinski definition) is 1. The molecule has 94 valence electrons. The van der Waals surface area contributed by atoms with Crippen molar-refractivity contribution in [2.24, 2.45) is 4.99 Å². The van der Waals surface area contributed by atoms with Gasteiger partial charge in [0.15, 0.2) is 17.3 Å². The van der Waals surface area contributed by atoms with Gasteiger partial charge in [0.1, 0.15) is 6.67 Å². The van der Waals surface area contributed by atoms with Gasteiger partial charge >= 0.3 is 0 Å². The fraction of sp³-hybridized carbons (Fsp3) is 0.273. The molecule has 0 aromatic carbocycles. The maximum atomic E-state index is 10.9. The first kappa shape index (κ1) is 12.6. The number of carbonyl (C=O) groups is 1. The number of allylic oxidation sites excluding steroid dienone is 1. The molecule has 0 saturated heterocycles. The minimum atomic E-state index is 0.424. The van der Waals surface area contributed by atoms with Gasteiger partial charge in [-0.05, 0) is 19.3 Å². The molecule has 0 unspecified atom stereocenters. The Kier molecular flexibility index (Phi) is 3.93. The maximum absolute atomic E-state index is 10.9. The summed E-state index contributed by atoms with van der Waals surface area (Å²) >= 11 is 1.42. The third-order valence-electron chi connectivity index (χ3n) is 2.32. The molecule has 1 N–H and O–H groups in total. The monoisotopic (exact) mass is 263 g/mol. The second-order valence-electron chi connectivity index (χ2n) is 3.62. The third-order valence-corrected chi connectivity index (χ3v) is 2.88. The molecule has 2 heterocycles. The number of aliphatic imine (C=N–C) groups is 1. The molecular formula is C11H13N5OS. The lowest BCUT2D eigenvalue weighted by atomic mass is 10.3. The van der Waals surface area contributed by atoms with Crippen LogP contribution in [0.1, 0.15) is 17.3 Å². The first-order valence-corrected chi connectivity index (χ1v) is 6.54. The van der Waals surface area contributed by atoms with E-state index in [0.717, 1.165) is 12.0 Å². The Balaban J connectivity index is 2.17. The predicted octanol–water partition coefficient (Wildman–Crippen LogP) is 1.59. The minimum absolute atomic E-state index is 0.424. The van der Waals surface area contributed by atoms with Gasteiger partial charge in [0.25, 0.3) is 0 Å². The molecule has 7 heteroatoms. The van der Waals surface area contributed by atoms with E-state index in [1.807, 2.05) is 25.5 Å². The number of hydrogen-bond acceptors (Lipinski definition) is 7. The Hall–Kier alpha value is -1.89. The van der Waals surface area contributed by atoms with E-state index >= 15 is 0 Å². The molecule has 1 aliphatic rings. The number of hydrazine groups is 1. The lowest BCUT2D eigenvalue weighted by Crippen LogP contribution is -2.28. The molecule has 18 heavy (non-hydrogen) atoms. The summed E-state index contributed by atoms with van der Waals surface area (Å²) in [5.74, 6) is 0.490. The van der Waals surface area contributed by atoms with Gasteiger partial charge in [0, 0.05) is 18.1 Å². The van der Waals surface area contributed by atoms with Crippen molar-refractivity contribution in [3.63, 3.8) is 0 Å². The van der Waals surface area contributed by atoms with Crippen LogP contribution in [-0.2, 0) is 0 Å². The quantitative estimate of drug-likeness (QED) is 0.505. The van der Waals surface area contributed by atoms with Crippen molar-refractivity contribution >= 4 is 29.6 Å². The zero-order valence-electron chi connectivity index (χ0n) is 10.1. The van der Waals surface area contributed by atoms with Gasteiger partial charge in [0.2, 0.25) is 0 Å². The number of nitrogens with one attached hydrogen (secondary N) is 1. The number of anilines is 1. The van der Waals surface area contributed by atoms with Crippen molar-refractivity contribution in [1.82, 2.24) is 15.0 Å². The molecule has 0 saturated carbocycles. The van der Waals surface area contributed by atoms with Crippen molar-refractivity contribution in [2.75, 3.05) is 18.4 Å². The van der Waals surface area contributed by atoms with Crippen molar-refractivity contribution in [3.05, 3.63) is 24.0 Å². The van der Waals surface area contributed by atoms with Gasteiger partial charge < -0.3 is 0 Å². The number of nitrogens with zero attached hydrogens (tertiary/aromatic N) is 4. The summed E-state index contributed by atoms with van der Waals surface area (Å²) in [6, 6.07) is 0. The van der Waals surface area contributed by atoms with Crippen LogP contribution in [0.25, 0.3) is 0 Å². The molecule has 6 nitrogen and oxygen atoms in total. The highest BCUT2D eigenvalue weighted by Crippen LogP contribution is 2.16. The van der Waals surface area contributed by atoms with E-state index in [-0.39, 0.29) is 0 Å².